The molecule has 0 spiro atoms. The number of nitrogens with one attached hydrogen (secondary N) is 2. The highest BCUT2D eigenvalue weighted by atomic mass is 15.4. The highest BCUT2D eigenvalue weighted by molar-refractivity contribution is 5.35. The minimum absolute atomic E-state index is 0.163. The molecule has 1 unspecified atom stereocenters. The van der Waals surface area contributed by atoms with E-state index in [2.05, 4.69) is 22.3 Å². The molecule has 1 fully saturated rings. The second-order valence-electron chi connectivity index (χ2n) is 4.48. The van der Waals surface area contributed by atoms with E-state index in [0.717, 1.165) is 38.3 Å². The third-order valence-electron chi connectivity index (χ3n) is 3.06. The molecular formula is C12H21N5. The van der Waals surface area contributed by atoms with Gasteiger partial charge in [-0.2, -0.15) is 5.10 Å². The van der Waals surface area contributed by atoms with E-state index in [1.165, 1.54) is 0 Å². The highest BCUT2D eigenvalue weighted by Crippen LogP contribution is 2.17. The summed E-state index contributed by atoms with van der Waals surface area (Å²) in [6.07, 6.45) is 5.67. The van der Waals surface area contributed by atoms with Crippen LogP contribution < -0.4 is 16.4 Å². The van der Waals surface area contributed by atoms with Gasteiger partial charge in [-0.15, -0.1) is 6.58 Å². The molecule has 5 nitrogen and oxygen atoms in total. The van der Waals surface area contributed by atoms with Crippen LogP contribution in [-0.2, 0) is 0 Å². The quantitative estimate of drug-likeness (QED) is 0.610. The van der Waals surface area contributed by atoms with Gasteiger partial charge in [0.25, 0.3) is 0 Å². The zero-order chi connectivity index (χ0) is 12.1. The van der Waals surface area contributed by atoms with Crippen LogP contribution in [0.5, 0.6) is 0 Å². The average molecular weight is 235 g/mol. The monoisotopic (exact) mass is 235 g/mol. The Morgan fingerprint density at radius 2 is 2.53 bits per heavy atom. The van der Waals surface area contributed by atoms with Crippen molar-refractivity contribution in [3.05, 3.63) is 24.9 Å². The Hall–Kier alpha value is -1.33. The Kier molecular flexibility index (Phi) is 4.17. The first-order valence-corrected chi connectivity index (χ1v) is 6.16. The second kappa shape index (κ2) is 5.84. The van der Waals surface area contributed by atoms with Gasteiger partial charge in [0.2, 0.25) is 0 Å². The third kappa shape index (κ3) is 3.08. The van der Waals surface area contributed by atoms with Crippen LogP contribution in [0.3, 0.4) is 0 Å². The predicted octanol–water partition coefficient (Wildman–Crippen LogP) is 0.733. The van der Waals surface area contributed by atoms with E-state index in [4.69, 9.17) is 5.73 Å². The van der Waals surface area contributed by atoms with Crippen molar-refractivity contribution < 1.29 is 0 Å². The Morgan fingerprint density at radius 3 is 3.18 bits per heavy atom. The summed E-state index contributed by atoms with van der Waals surface area (Å²) in [4.78, 5) is 0. The van der Waals surface area contributed by atoms with Crippen molar-refractivity contribution in [2.75, 3.05) is 25.0 Å². The molecule has 0 aromatic carbocycles. The van der Waals surface area contributed by atoms with Gasteiger partial charge in [0.05, 0.1) is 12.2 Å². The van der Waals surface area contributed by atoms with Gasteiger partial charge >= 0.3 is 0 Å². The van der Waals surface area contributed by atoms with Gasteiger partial charge in [-0.3, -0.25) is 0 Å². The number of allylic oxidation sites excluding steroid dienone is 1. The Labute approximate surface area is 102 Å². The van der Waals surface area contributed by atoms with Gasteiger partial charge < -0.3 is 16.4 Å². The lowest BCUT2D eigenvalue weighted by atomic mass is 10.1. The molecule has 0 saturated carbocycles. The standard InChI is InChI=1S/C12H21N5/c1-2-3-4-10(13)7-15-12-5-6-16-17(12)11-8-14-9-11/h2,5-6,10-11,14-15H,1,3-4,7-9,13H2. The second-order valence-corrected chi connectivity index (χ2v) is 4.48. The lowest BCUT2D eigenvalue weighted by Crippen LogP contribution is -2.44. The van der Waals surface area contributed by atoms with E-state index in [-0.39, 0.29) is 6.04 Å². The molecule has 1 aliphatic heterocycles. The first-order chi connectivity index (χ1) is 8.31. The summed E-state index contributed by atoms with van der Waals surface area (Å²) >= 11 is 0. The van der Waals surface area contributed by atoms with Crippen LogP contribution in [0.25, 0.3) is 0 Å². The molecule has 0 radical (unpaired) electrons. The number of hydrogen-bond donors (Lipinski definition) is 3. The van der Waals surface area contributed by atoms with Crippen molar-refractivity contribution in [3.63, 3.8) is 0 Å². The summed E-state index contributed by atoms with van der Waals surface area (Å²) < 4.78 is 2.04. The van der Waals surface area contributed by atoms with Crippen molar-refractivity contribution in [1.29, 1.82) is 0 Å². The molecular weight excluding hydrogens is 214 g/mol. The number of anilines is 1. The van der Waals surface area contributed by atoms with E-state index in [1.54, 1.807) is 0 Å². The first kappa shape index (κ1) is 12.1. The number of hydrogen-bond acceptors (Lipinski definition) is 4. The zero-order valence-corrected chi connectivity index (χ0v) is 10.1. The van der Waals surface area contributed by atoms with Gasteiger partial charge in [-0.25, -0.2) is 4.68 Å². The molecule has 5 heteroatoms. The van der Waals surface area contributed by atoms with Crippen LogP contribution in [0, 0.1) is 0 Å². The van der Waals surface area contributed by atoms with Crippen molar-refractivity contribution in [3.8, 4) is 0 Å². The van der Waals surface area contributed by atoms with Crippen LogP contribution in [0.4, 0.5) is 5.82 Å². The van der Waals surface area contributed by atoms with E-state index in [9.17, 15) is 0 Å². The summed E-state index contributed by atoms with van der Waals surface area (Å²) in [7, 11) is 0. The van der Waals surface area contributed by atoms with Gasteiger partial charge in [-0.05, 0) is 12.8 Å². The van der Waals surface area contributed by atoms with Crippen LogP contribution in [0.15, 0.2) is 24.9 Å². The van der Waals surface area contributed by atoms with Gasteiger partial charge in [0.15, 0.2) is 0 Å². The summed E-state index contributed by atoms with van der Waals surface area (Å²) in [6.45, 7) is 6.48. The predicted molar refractivity (Wildman–Crippen MR) is 70.0 cm³/mol. The van der Waals surface area contributed by atoms with E-state index in [1.807, 2.05) is 23.0 Å². The fraction of sp³-hybridized carbons (Fsp3) is 0.583. The zero-order valence-electron chi connectivity index (χ0n) is 10.1. The van der Waals surface area contributed by atoms with Crippen molar-refractivity contribution in [2.45, 2.75) is 24.9 Å². The molecule has 1 atom stereocenters. The van der Waals surface area contributed by atoms with Gasteiger partial charge in [0, 0.05) is 31.7 Å². The Balaban J connectivity index is 1.81. The molecule has 94 valence electrons. The smallest absolute Gasteiger partial charge is 0.124 e. The molecule has 1 aromatic heterocycles. The van der Waals surface area contributed by atoms with Gasteiger partial charge in [0.1, 0.15) is 5.82 Å². The van der Waals surface area contributed by atoms with Crippen molar-refractivity contribution in [2.24, 2.45) is 5.73 Å². The maximum Gasteiger partial charge on any atom is 0.124 e. The van der Waals surface area contributed by atoms with Crippen LogP contribution in [-0.4, -0.2) is 35.5 Å². The van der Waals surface area contributed by atoms with Crippen molar-refractivity contribution in [1.82, 2.24) is 15.1 Å². The first-order valence-electron chi connectivity index (χ1n) is 6.16. The topological polar surface area (TPSA) is 67.9 Å². The number of aromatic nitrogens is 2. The third-order valence-corrected chi connectivity index (χ3v) is 3.06. The minimum Gasteiger partial charge on any atom is -0.369 e. The van der Waals surface area contributed by atoms with Crippen LogP contribution >= 0.6 is 0 Å². The number of rotatable bonds is 7. The van der Waals surface area contributed by atoms with Gasteiger partial charge in [-0.1, -0.05) is 6.08 Å². The van der Waals surface area contributed by atoms with E-state index in [0.29, 0.717) is 6.04 Å². The van der Waals surface area contributed by atoms with Crippen LogP contribution in [0.1, 0.15) is 18.9 Å². The molecule has 1 aromatic rings. The minimum atomic E-state index is 0.163. The largest absolute Gasteiger partial charge is 0.369 e. The lowest BCUT2D eigenvalue weighted by Gasteiger charge is -2.29. The summed E-state index contributed by atoms with van der Waals surface area (Å²) in [6, 6.07) is 2.64. The molecule has 2 heterocycles. The SMILES string of the molecule is C=CCCC(N)CNc1ccnn1C1CNC1. The van der Waals surface area contributed by atoms with Crippen LogP contribution in [0.2, 0.25) is 0 Å². The maximum atomic E-state index is 6.00. The normalized spacial score (nSPS) is 17.5. The molecule has 1 saturated heterocycles. The Bertz CT molecular complexity index is 356. The maximum absolute atomic E-state index is 6.00. The summed E-state index contributed by atoms with van der Waals surface area (Å²) in [5.74, 6) is 1.06. The molecule has 4 N–H and O–H groups in total. The molecule has 17 heavy (non-hydrogen) atoms. The summed E-state index contributed by atoms with van der Waals surface area (Å²) in [5.41, 5.74) is 6.00. The van der Waals surface area contributed by atoms with Crippen molar-refractivity contribution >= 4 is 5.82 Å². The number of nitrogens with two attached hydrogens (primary N) is 1. The molecule has 0 amide bonds. The fourth-order valence-electron chi connectivity index (χ4n) is 1.86. The molecule has 0 aliphatic carbocycles. The lowest BCUT2D eigenvalue weighted by molar-refractivity contribution is 0.321. The fourth-order valence-corrected chi connectivity index (χ4v) is 1.86. The molecule has 2 rings (SSSR count). The molecule has 1 aliphatic rings. The van der Waals surface area contributed by atoms with E-state index < -0.39 is 0 Å². The molecule has 0 bridgehead atoms. The average Bonchev–Trinajstić information content (AvgIpc) is 2.69. The summed E-state index contributed by atoms with van der Waals surface area (Å²) in [5, 5.41) is 10.9. The Morgan fingerprint density at radius 1 is 1.71 bits per heavy atom. The van der Waals surface area contributed by atoms with E-state index >= 15 is 0 Å². The number of nitrogens with zero attached hydrogens (tertiary/aromatic N) is 2. The highest BCUT2D eigenvalue weighted by Gasteiger charge is 2.21.